The Labute approximate surface area is 156 Å². The van der Waals surface area contributed by atoms with Gasteiger partial charge in [0.15, 0.2) is 6.61 Å². The van der Waals surface area contributed by atoms with Crippen molar-refractivity contribution in [3.8, 4) is 17.2 Å². The normalized spacial score (nSPS) is 10.5. The molecule has 0 aliphatic rings. The predicted octanol–water partition coefficient (Wildman–Crippen LogP) is 4.52. The summed E-state index contributed by atoms with van der Waals surface area (Å²) in [5.74, 6) is 0.645. The second-order valence-corrected chi connectivity index (χ2v) is 6.26. The average Bonchev–Trinajstić information content (AvgIpc) is 3.09. The van der Waals surface area contributed by atoms with Gasteiger partial charge in [0.05, 0.1) is 17.7 Å². The van der Waals surface area contributed by atoms with E-state index in [4.69, 9.17) is 20.8 Å². The minimum Gasteiger partial charge on any atom is -0.482 e. The molecule has 0 radical (unpaired) electrons. The molecule has 3 rings (SSSR count). The molecule has 128 valence electrons. The molecule has 0 unspecified atom stereocenters. The summed E-state index contributed by atoms with van der Waals surface area (Å²) in [6.07, 6.45) is 0. The zero-order chi connectivity index (χ0) is 17.8. The fraction of sp³-hybridized carbons (Fsp3) is 0.118. The SMILES string of the molecule is COC(=O)c1ccc(OCc2nnc(-c3ccc(Br)cc3)o2)c(Cl)c1. The van der Waals surface area contributed by atoms with Gasteiger partial charge in [0, 0.05) is 10.0 Å². The molecular formula is C17H12BrClN2O4. The lowest BCUT2D eigenvalue weighted by atomic mass is 10.2. The number of ether oxygens (including phenoxy) is 2. The highest BCUT2D eigenvalue weighted by atomic mass is 79.9. The molecule has 25 heavy (non-hydrogen) atoms. The molecule has 3 aromatic rings. The summed E-state index contributed by atoms with van der Waals surface area (Å²) in [5.41, 5.74) is 1.15. The molecule has 0 N–H and O–H groups in total. The molecule has 0 atom stereocenters. The highest BCUT2D eigenvalue weighted by molar-refractivity contribution is 9.10. The average molecular weight is 424 g/mol. The van der Waals surface area contributed by atoms with Crippen LogP contribution in [0.25, 0.3) is 11.5 Å². The number of carbonyl (C=O) groups excluding carboxylic acids is 1. The number of nitrogens with zero attached hydrogens (tertiary/aromatic N) is 2. The second kappa shape index (κ2) is 7.67. The van der Waals surface area contributed by atoms with Crippen LogP contribution in [0.1, 0.15) is 16.2 Å². The first-order valence-electron chi connectivity index (χ1n) is 7.16. The van der Waals surface area contributed by atoms with Crippen molar-refractivity contribution in [2.45, 2.75) is 6.61 Å². The molecule has 1 aromatic heterocycles. The van der Waals surface area contributed by atoms with Crippen LogP contribution in [0, 0.1) is 0 Å². The number of esters is 1. The number of methoxy groups -OCH3 is 1. The van der Waals surface area contributed by atoms with Crippen LogP contribution in [0.4, 0.5) is 0 Å². The Hall–Kier alpha value is -2.38. The van der Waals surface area contributed by atoms with Crippen molar-refractivity contribution in [3.05, 3.63) is 63.4 Å². The van der Waals surface area contributed by atoms with E-state index in [1.165, 1.54) is 13.2 Å². The van der Waals surface area contributed by atoms with Gasteiger partial charge in [-0.25, -0.2) is 4.79 Å². The predicted molar refractivity (Wildman–Crippen MR) is 94.6 cm³/mol. The van der Waals surface area contributed by atoms with Gasteiger partial charge >= 0.3 is 5.97 Å². The molecule has 0 spiro atoms. The van der Waals surface area contributed by atoms with Crippen molar-refractivity contribution in [2.75, 3.05) is 7.11 Å². The maximum absolute atomic E-state index is 11.5. The van der Waals surface area contributed by atoms with Gasteiger partial charge in [-0.15, -0.1) is 10.2 Å². The molecule has 0 aliphatic heterocycles. The van der Waals surface area contributed by atoms with E-state index in [2.05, 4.69) is 30.9 Å². The van der Waals surface area contributed by atoms with Crippen molar-refractivity contribution in [2.24, 2.45) is 0 Å². The highest BCUT2D eigenvalue weighted by Gasteiger charge is 2.12. The second-order valence-electron chi connectivity index (χ2n) is 4.93. The first-order chi connectivity index (χ1) is 12.1. The van der Waals surface area contributed by atoms with E-state index in [9.17, 15) is 4.79 Å². The van der Waals surface area contributed by atoms with Gasteiger partial charge in [-0.2, -0.15) is 0 Å². The van der Waals surface area contributed by atoms with Crippen molar-refractivity contribution in [1.82, 2.24) is 10.2 Å². The molecule has 0 aliphatic carbocycles. The number of hydrogen-bond acceptors (Lipinski definition) is 6. The van der Waals surface area contributed by atoms with Crippen LogP contribution in [-0.2, 0) is 11.3 Å². The molecule has 0 fully saturated rings. The molecule has 0 bridgehead atoms. The quantitative estimate of drug-likeness (QED) is 0.562. The molecule has 2 aromatic carbocycles. The number of hydrogen-bond donors (Lipinski definition) is 0. The van der Waals surface area contributed by atoms with Crippen LogP contribution >= 0.6 is 27.5 Å². The van der Waals surface area contributed by atoms with Crippen molar-refractivity contribution in [1.29, 1.82) is 0 Å². The topological polar surface area (TPSA) is 74.5 Å². The lowest BCUT2D eigenvalue weighted by Gasteiger charge is -2.07. The minimum atomic E-state index is -0.468. The van der Waals surface area contributed by atoms with E-state index < -0.39 is 5.97 Å². The summed E-state index contributed by atoms with van der Waals surface area (Å²) in [6.45, 7) is 0.0564. The summed E-state index contributed by atoms with van der Waals surface area (Å²) in [4.78, 5) is 11.5. The van der Waals surface area contributed by atoms with Crippen LogP contribution in [-0.4, -0.2) is 23.3 Å². The largest absolute Gasteiger partial charge is 0.482 e. The monoisotopic (exact) mass is 422 g/mol. The third kappa shape index (κ3) is 4.18. The summed E-state index contributed by atoms with van der Waals surface area (Å²) in [7, 11) is 1.30. The van der Waals surface area contributed by atoms with E-state index in [1.807, 2.05) is 24.3 Å². The summed E-state index contributed by atoms with van der Waals surface area (Å²) < 4.78 is 16.7. The molecule has 0 saturated heterocycles. The van der Waals surface area contributed by atoms with Gasteiger partial charge in [0.25, 0.3) is 5.89 Å². The van der Waals surface area contributed by atoms with Gasteiger partial charge in [-0.3, -0.25) is 0 Å². The standard InChI is InChI=1S/C17H12BrClN2O4/c1-23-17(22)11-4-7-14(13(19)8-11)24-9-15-20-21-16(25-15)10-2-5-12(18)6-3-10/h2-8H,9H2,1H3. The van der Waals surface area contributed by atoms with Crippen LogP contribution in [0.3, 0.4) is 0 Å². The highest BCUT2D eigenvalue weighted by Crippen LogP contribution is 2.27. The fourth-order valence-electron chi connectivity index (χ4n) is 2.02. The first kappa shape index (κ1) is 17.4. The first-order valence-corrected chi connectivity index (χ1v) is 8.33. The molecule has 0 amide bonds. The summed E-state index contributed by atoms with van der Waals surface area (Å²) >= 11 is 9.48. The van der Waals surface area contributed by atoms with Gasteiger partial charge in [0.2, 0.25) is 5.89 Å². The Morgan fingerprint density at radius 2 is 1.96 bits per heavy atom. The zero-order valence-electron chi connectivity index (χ0n) is 13.0. The van der Waals surface area contributed by atoms with E-state index >= 15 is 0 Å². The van der Waals surface area contributed by atoms with E-state index in [0.29, 0.717) is 23.1 Å². The fourth-order valence-corrected chi connectivity index (χ4v) is 2.52. The van der Waals surface area contributed by atoms with Gasteiger partial charge in [-0.05, 0) is 42.5 Å². The number of benzene rings is 2. The van der Waals surface area contributed by atoms with Gasteiger partial charge < -0.3 is 13.9 Å². The number of halogens is 2. The number of carbonyl (C=O) groups is 1. The number of rotatable bonds is 5. The molecule has 6 nitrogen and oxygen atoms in total. The Balaban J connectivity index is 1.68. The number of aromatic nitrogens is 2. The molecule has 0 saturated carbocycles. The van der Waals surface area contributed by atoms with Crippen molar-refractivity contribution in [3.63, 3.8) is 0 Å². The molecule has 8 heteroatoms. The Kier molecular flexibility index (Phi) is 5.35. The van der Waals surface area contributed by atoms with Crippen LogP contribution in [0.2, 0.25) is 5.02 Å². The van der Waals surface area contributed by atoms with Crippen molar-refractivity contribution < 1.29 is 18.7 Å². The zero-order valence-corrected chi connectivity index (χ0v) is 15.4. The summed E-state index contributed by atoms with van der Waals surface area (Å²) in [6, 6.07) is 12.1. The van der Waals surface area contributed by atoms with Crippen LogP contribution in [0.5, 0.6) is 5.75 Å². The third-order valence-electron chi connectivity index (χ3n) is 3.26. The van der Waals surface area contributed by atoms with Gasteiger partial charge in [-0.1, -0.05) is 27.5 Å². The molecular weight excluding hydrogens is 412 g/mol. The van der Waals surface area contributed by atoms with E-state index in [0.717, 1.165) is 10.0 Å². The van der Waals surface area contributed by atoms with Crippen LogP contribution in [0.15, 0.2) is 51.4 Å². The van der Waals surface area contributed by atoms with E-state index in [1.54, 1.807) is 12.1 Å². The van der Waals surface area contributed by atoms with E-state index in [-0.39, 0.29) is 11.6 Å². The lowest BCUT2D eigenvalue weighted by molar-refractivity contribution is 0.0600. The molecule has 1 heterocycles. The Bertz CT molecular complexity index is 896. The van der Waals surface area contributed by atoms with Crippen LogP contribution < -0.4 is 4.74 Å². The Morgan fingerprint density at radius 1 is 1.20 bits per heavy atom. The van der Waals surface area contributed by atoms with Crippen molar-refractivity contribution >= 4 is 33.5 Å². The smallest absolute Gasteiger partial charge is 0.337 e. The summed E-state index contributed by atoms with van der Waals surface area (Å²) in [5, 5.41) is 8.23. The van der Waals surface area contributed by atoms with Gasteiger partial charge in [0.1, 0.15) is 5.75 Å². The Morgan fingerprint density at radius 3 is 2.64 bits per heavy atom. The lowest BCUT2D eigenvalue weighted by Crippen LogP contribution is -2.02. The minimum absolute atomic E-state index is 0.0564. The maximum atomic E-state index is 11.5. The maximum Gasteiger partial charge on any atom is 0.337 e. The third-order valence-corrected chi connectivity index (χ3v) is 4.09.